The molecule has 0 saturated carbocycles. The first-order chi connectivity index (χ1) is 9.06. The summed E-state index contributed by atoms with van der Waals surface area (Å²) in [6.07, 6.45) is 0. The number of hydrogen-bond acceptors (Lipinski definition) is 1. The lowest BCUT2D eigenvalue weighted by molar-refractivity contribution is 0.628. The molecule has 2 aromatic carbocycles. The Kier molecular flexibility index (Phi) is 4.12. The van der Waals surface area contributed by atoms with E-state index in [4.69, 9.17) is 12.2 Å². The van der Waals surface area contributed by atoms with E-state index in [0.29, 0.717) is 10.8 Å². The van der Waals surface area contributed by atoms with Crippen LogP contribution in [0, 0.1) is 19.7 Å². The van der Waals surface area contributed by atoms with Crippen molar-refractivity contribution in [1.82, 2.24) is 0 Å². The second-order valence-corrected chi connectivity index (χ2v) is 4.76. The number of benzene rings is 2. The van der Waals surface area contributed by atoms with Gasteiger partial charge >= 0.3 is 0 Å². The second kappa shape index (κ2) is 5.80. The van der Waals surface area contributed by atoms with Crippen LogP contribution in [-0.4, -0.2) is 5.11 Å². The summed E-state index contributed by atoms with van der Waals surface area (Å²) in [7, 11) is 0. The maximum Gasteiger partial charge on any atom is 0.175 e. The van der Waals surface area contributed by atoms with Crippen molar-refractivity contribution in [3.05, 3.63) is 59.4 Å². The number of rotatable bonds is 2. The summed E-state index contributed by atoms with van der Waals surface area (Å²) in [5.74, 6) is -0.285. The molecule has 0 aliphatic carbocycles. The molecule has 4 heteroatoms. The molecule has 98 valence electrons. The van der Waals surface area contributed by atoms with E-state index in [1.807, 2.05) is 38.1 Å². The number of hydrogen-bond donors (Lipinski definition) is 2. The van der Waals surface area contributed by atoms with Gasteiger partial charge in [0.15, 0.2) is 5.11 Å². The number of para-hydroxylation sites is 1. The van der Waals surface area contributed by atoms with Crippen molar-refractivity contribution >= 4 is 28.7 Å². The molecule has 2 aromatic rings. The molecule has 0 spiro atoms. The van der Waals surface area contributed by atoms with E-state index in [2.05, 4.69) is 10.6 Å². The summed E-state index contributed by atoms with van der Waals surface area (Å²) >= 11 is 5.24. The van der Waals surface area contributed by atoms with Crippen LogP contribution in [0.1, 0.15) is 11.1 Å². The van der Waals surface area contributed by atoms with Gasteiger partial charge in [0.2, 0.25) is 0 Å². The zero-order chi connectivity index (χ0) is 13.8. The minimum absolute atomic E-state index is 0.285. The highest BCUT2D eigenvalue weighted by molar-refractivity contribution is 7.80. The van der Waals surface area contributed by atoms with Crippen molar-refractivity contribution in [2.45, 2.75) is 13.8 Å². The van der Waals surface area contributed by atoms with E-state index in [9.17, 15) is 4.39 Å². The summed E-state index contributed by atoms with van der Waals surface area (Å²) in [6.45, 7) is 3.90. The molecule has 0 amide bonds. The van der Waals surface area contributed by atoms with Crippen LogP contribution in [0.2, 0.25) is 0 Å². The molecule has 0 saturated heterocycles. The van der Waals surface area contributed by atoms with Gasteiger partial charge in [-0.3, -0.25) is 0 Å². The summed E-state index contributed by atoms with van der Waals surface area (Å²) in [6, 6.07) is 12.4. The number of aryl methyl sites for hydroxylation is 2. The van der Waals surface area contributed by atoms with Gasteiger partial charge in [0.25, 0.3) is 0 Å². The fraction of sp³-hybridized carbons (Fsp3) is 0.133. The van der Waals surface area contributed by atoms with E-state index < -0.39 is 0 Å². The van der Waals surface area contributed by atoms with E-state index in [-0.39, 0.29) is 5.82 Å². The third-order valence-corrected chi connectivity index (χ3v) is 3.05. The first-order valence-electron chi connectivity index (χ1n) is 5.96. The average molecular weight is 274 g/mol. The monoisotopic (exact) mass is 274 g/mol. The van der Waals surface area contributed by atoms with Crippen molar-refractivity contribution in [2.24, 2.45) is 0 Å². The SMILES string of the molecule is Cc1ccccc1NC(=S)Nc1cc(F)ccc1C. The predicted molar refractivity (Wildman–Crippen MR) is 82.2 cm³/mol. The molecule has 0 heterocycles. The molecular weight excluding hydrogens is 259 g/mol. The fourth-order valence-electron chi connectivity index (χ4n) is 1.72. The largest absolute Gasteiger partial charge is 0.332 e. The van der Waals surface area contributed by atoms with Gasteiger partial charge in [0.05, 0.1) is 0 Å². The normalized spacial score (nSPS) is 10.1. The zero-order valence-corrected chi connectivity index (χ0v) is 11.6. The van der Waals surface area contributed by atoms with Crippen LogP contribution in [0.5, 0.6) is 0 Å². The number of anilines is 2. The molecule has 19 heavy (non-hydrogen) atoms. The lowest BCUT2D eigenvalue weighted by Crippen LogP contribution is -2.20. The molecule has 0 atom stereocenters. The lowest BCUT2D eigenvalue weighted by atomic mass is 10.2. The smallest absolute Gasteiger partial charge is 0.175 e. The van der Waals surface area contributed by atoms with Crippen LogP contribution in [0.4, 0.5) is 15.8 Å². The van der Waals surface area contributed by atoms with Crippen LogP contribution < -0.4 is 10.6 Å². The molecule has 0 aliphatic rings. The maximum absolute atomic E-state index is 13.2. The van der Waals surface area contributed by atoms with Gasteiger partial charge in [-0.15, -0.1) is 0 Å². The van der Waals surface area contributed by atoms with Crippen molar-refractivity contribution in [2.75, 3.05) is 10.6 Å². The Hall–Kier alpha value is -1.94. The van der Waals surface area contributed by atoms with Gasteiger partial charge in [-0.1, -0.05) is 24.3 Å². The minimum Gasteiger partial charge on any atom is -0.332 e. The lowest BCUT2D eigenvalue weighted by Gasteiger charge is -2.14. The highest BCUT2D eigenvalue weighted by Gasteiger charge is 2.04. The highest BCUT2D eigenvalue weighted by Crippen LogP contribution is 2.17. The molecule has 0 radical (unpaired) electrons. The molecule has 0 bridgehead atoms. The van der Waals surface area contributed by atoms with E-state index in [1.165, 1.54) is 12.1 Å². The third-order valence-electron chi connectivity index (χ3n) is 2.84. The maximum atomic E-state index is 13.2. The van der Waals surface area contributed by atoms with Crippen molar-refractivity contribution in [1.29, 1.82) is 0 Å². The summed E-state index contributed by atoms with van der Waals surface area (Å²) < 4.78 is 13.2. The Morgan fingerprint density at radius 3 is 2.32 bits per heavy atom. The second-order valence-electron chi connectivity index (χ2n) is 4.35. The van der Waals surface area contributed by atoms with Crippen molar-refractivity contribution in [3.8, 4) is 0 Å². The highest BCUT2D eigenvalue weighted by atomic mass is 32.1. The van der Waals surface area contributed by atoms with Crippen molar-refractivity contribution < 1.29 is 4.39 Å². The van der Waals surface area contributed by atoms with E-state index in [1.54, 1.807) is 6.07 Å². The number of thiocarbonyl (C=S) groups is 1. The number of halogens is 1. The Labute approximate surface area is 117 Å². The molecule has 0 aromatic heterocycles. The van der Waals surface area contributed by atoms with Crippen LogP contribution in [0.25, 0.3) is 0 Å². The molecule has 0 unspecified atom stereocenters. The Morgan fingerprint density at radius 1 is 0.947 bits per heavy atom. The first kappa shape index (κ1) is 13.5. The zero-order valence-electron chi connectivity index (χ0n) is 10.8. The van der Waals surface area contributed by atoms with Crippen LogP contribution in [0.15, 0.2) is 42.5 Å². The molecule has 2 N–H and O–H groups in total. The summed E-state index contributed by atoms with van der Waals surface area (Å²) in [5.41, 5.74) is 3.65. The average Bonchev–Trinajstić information content (AvgIpc) is 2.37. The van der Waals surface area contributed by atoms with Gasteiger partial charge in [-0.2, -0.15) is 0 Å². The Bertz CT molecular complexity index is 611. The summed E-state index contributed by atoms with van der Waals surface area (Å²) in [4.78, 5) is 0. The summed E-state index contributed by atoms with van der Waals surface area (Å²) in [5, 5.41) is 6.56. The van der Waals surface area contributed by atoms with Gasteiger partial charge in [0, 0.05) is 11.4 Å². The fourth-order valence-corrected chi connectivity index (χ4v) is 1.94. The molecule has 2 nitrogen and oxygen atoms in total. The molecule has 2 rings (SSSR count). The predicted octanol–water partition coefficient (Wildman–Crippen LogP) is 4.25. The molecule has 0 fully saturated rings. The molecule has 0 aliphatic heterocycles. The molecular formula is C15H15FN2S. The standard InChI is InChI=1S/C15H15FN2S/c1-10-5-3-4-6-13(10)17-15(19)18-14-9-12(16)8-7-11(14)2/h3-9H,1-2H3,(H2,17,18,19). The Morgan fingerprint density at radius 2 is 1.58 bits per heavy atom. The van der Waals surface area contributed by atoms with Gasteiger partial charge < -0.3 is 10.6 Å². The van der Waals surface area contributed by atoms with Gasteiger partial charge in [-0.25, -0.2) is 4.39 Å². The minimum atomic E-state index is -0.285. The quantitative estimate of drug-likeness (QED) is 0.800. The van der Waals surface area contributed by atoms with E-state index >= 15 is 0 Å². The van der Waals surface area contributed by atoms with Gasteiger partial charge in [0.1, 0.15) is 5.82 Å². The third kappa shape index (κ3) is 3.51. The Balaban J connectivity index is 2.10. The van der Waals surface area contributed by atoms with Gasteiger partial charge in [-0.05, 0) is 55.4 Å². The van der Waals surface area contributed by atoms with E-state index in [0.717, 1.165) is 16.8 Å². The first-order valence-corrected chi connectivity index (χ1v) is 6.37. The van der Waals surface area contributed by atoms with Crippen LogP contribution in [0.3, 0.4) is 0 Å². The van der Waals surface area contributed by atoms with Crippen molar-refractivity contribution in [3.63, 3.8) is 0 Å². The van der Waals surface area contributed by atoms with Crippen LogP contribution >= 0.6 is 12.2 Å². The van der Waals surface area contributed by atoms with Crippen LogP contribution in [-0.2, 0) is 0 Å². The number of nitrogens with one attached hydrogen (secondary N) is 2. The topological polar surface area (TPSA) is 24.1 Å².